The van der Waals surface area contributed by atoms with Crippen molar-refractivity contribution in [1.29, 1.82) is 0 Å². The Labute approximate surface area is 109 Å². The van der Waals surface area contributed by atoms with Crippen molar-refractivity contribution in [1.82, 2.24) is 20.1 Å². The van der Waals surface area contributed by atoms with Crippen molar-refractivity contribution >= 4 is 23.2 Å². The van der Waals surface area contributed by atoms with Crippen LogP contribution in [0.3, 0.4) is 0 Å². The van der Waals surface area contributed by atoms with Crippen LogP contribution in [0.5, 0.6) is 0 Å². The number of carbonyl (C=O) groups is 1. The molecule has 0 unspecified atom stereocenters. The summed E-state index contributed by atoms with van der Waals surface area (Å²) in [7, 11) is 1.77. The van der Waals surface area contributed by atoms with Gasteiger partial charge in [-0.3, -0.25) is 10.00 Å². The molecule has 96 valence electrons. The summed E-state index contributed by atoms with van der Waals surface area (Å²) in [6.07, 6.45) is 3.40. The minimum atomic E-state index is -0.234. The molecule has 2 aromatic heterocycles. The summed E-state index contributed by atoms with van der Waals surface area (Å²) in [6.45, 7) is 2.58. The highest BCUT2D eigenvalue weighted by Gasteiger charge is 2.10. The third-order valence-corrected chi connectivity index (χ3v) is 3.51. The number of aromatic nitrogens is 3. The van der Waals surface area contributed by atoms with Crippen LogP contribution >= 0.6 is 11.3 Å². The average molecular weight is 265 g/mol. The number of nitrogens with zero attached hydrogens (tertiary/aromatic N) is 3. The number of hydrogen-bond donors (Lipinski definition) is 2. The summed E-state index contributed by atoms with van der Waals surface area (Å²) in [5.41, 5.74) is 0. The summed E-state index contributed by atoms with van der Waals surface area (Å²) in [6, 6.07) is 1.51. The van der Waals surface area contributed by atoms with Crippen LogP contribution in [-0.2, 0) is 7.05 Å². The van der Waals surface area contributed by atoms with Gasteiger partial charge in [0.05, 0.1) is 11.2 Å². The number of aryl methyl sites for hydroxylation is 1. The van der Waals surface area contributed by atoms with Crippen molar-refractivity contribution in [3.8, 4) is 0 Å². The highest BCUT2D eigenvalue weighted by molar-refractivity contribution is 7.09. The Morgan fingerprint density at radius 2 is 2.39 bits per heavy atom. The van der Waals surface area contributed by atoms with Crippen LogP contribution < -0.4 is 10.6 Å². The molecule has 2 aromatic rings. The van der Waals surface area contributed by atoms with E-state index in [1.165, 1.54) is 0 Å². The predicted octanol–water partition coefficient (Wildman–Crippen LogP) is 1.80. The van der Waals surface area contributed by atoms with E-state index >= 15 is 0 Å². The Balaban J connectivity index is 1.80. The average Bonchev–Trinajstić information content (AvgIpc) is 2.99. The maximum absolute atomic E-state index is 11.7. The molecule has 2 heterocycles. The molecule has 2 amide bonds. The first-order chi connectivity index (χ1) is 8.66. The second kappa shape index (κ2) is 5.63. The number of carbonyl (C=O) groups excluding carboxylic acids is 1. The van der Waals surface area contributed by atoms with Gasteiger partial charge in [0, 0.05) is 37.2 Å². The molecule has 1 atom stereocenters. The van der Waals surface area contributed by atoms with E-state index in [4.69, 9.17) is 0 Å². The van der Waals surface area contributed by atoms with Crippen LogP contribution in [0.2, 0.25) is 0 Å². The molecule has 2 N–H and O–H groups in total. The number of urea groups is 1. The van der Waals surface area contributed by atoms with E-state index in [0.717, 1.165) is 5.01 Å². The van der Waals surface area contributed by atoms with Crippen LogP contribution in [0.25, 0.3) is 0 Å². The van der Waals surface area contributed by atoms with Crippen molar-refractivity contribution in [2.24, 2.45) is 7.05 Å². The van der Waals surface area contributed by atoms with Crippen molar-refractivity contribution in [3.63, 3.8) is 0 Å². The molecule has 0 bridgehead atoms. The predicted molar refractivity (Wildman–Crippen MR) is 70.8 cm³/mol. The number of hydrogen-bond acceptors (Lipinski definition) is 4. The quantitative estimate of drug-likeness (QED) is 0.885. The van der Waals surface area contributed by atoms with Gasteiger partial charge in [-0.2, -0.15) is 5.10 Å². The van der Waals surface area contributed by atoms with E-state index < -0.39 is 0 Å². The molecule has 0 spiro atoms. The summed E-state index contributed by atoms with van der Waals surface area (Å²) in [5, 5.41) is 12.5. The number of thiazole rings is 1. The van der Waals surface area contributed by atoms with E-state index in [0.29, 0.717) is 12.4 Å². The number of rotatable bonds is 4. The highest BCUT2D eigenvalue weighted by atomic mass is 32.1. The van der Waals surface area contributed by atoms with Gasteiger partial charge in [-0.15, -0.1) is 11.3 Å². The maximum atomic E-state index is 11.7. The lowest BCUT2D eigenvalue weighted by Crippen LogP contribution is -2.32. The van der Waals surface area contributed by atoms with Gasteiger partial charge in [0.2, 0.25) is 0 Å². The standard InChI is InChI=1S/C11H15N5OS/c1-8(10-12-5-6-18-10)7-13-11(17)15-9-3-4-14-16(9)2/h3-6,8H,7H2,1-2H3,(H2,13,15,17)/t8-/m1/s1. The molecule has 0 radical (unpaired) electrons. The van der Waals surface area contributed by atoms with Crippen LogP contribution in [-0.4, -0.2) is 27.3 Å². The molecule has 0 aromatic carbocycles. The van der Waals surface area contributed by atoms with E-state index in [2.05, 4.69) is 20.7 Å². The molecule has 18 heavy (non-hydrogen) atoms. The Morgan fingerprint density at radius 3 is 3.00 bits per heavy atom. The fraction of sp³-hybridized carbons (Fsp3) is 0.364. The molecule has 0 saturated carbocycles. The fourth-order valence-electron chi connectivity index (χ4n) is 1.47. The molecule has 0 saturated heterocycles. The largest absolute Gasteiger partial charge is 0.337 e. The van der Waals surface area contributed by atoms with Gasteiger partial charge in [0.25, 0.3) is 0 Å². The van der Waals surface area contributed by atoms with E-state index in [1.807, 2.05) is 12.3 Å². The zero-order valence-electron chi connectivity index (χ0n) is 10.3. The molecular weight excluding hydrogens is 250 g/mol. The molecule has 2 rings (SSSR count). The summed E-state index contributed by atoms with van der Waals surface area (Å²) in [4.78, 5) is 15.9. The first-order valence-electron chi connectivity index (χ1n) is 5.59. The number of amides is 2. The highest BCUT2D eigenvalue weighted by Crippen LogP contribution is 2.16. The van der Waals surface area contributed by atoms with Gasteiger partial charge in [-0.1, -0.05) is 6.92 Å². The van der Waals surface area contributed by atoms with E-state index in [9.17, 15) is 4.79 Å². The summed E-state index contributed by atoms with van der Waals surface area (Å²) < 4.78 is 1.60. The molecule has 0 aliphatic carbocycles. The Morgan fingerprint density at radius 1 is 1.56 bits per heavy atom. The second-order valence-corrected chi connectivity index (χ2v) is 4.87. The lowest BCUT2D eigenvalue weighted by molar-refractivity contribution is 0.251. The second-order valence-electron chi connectivity index (χ2n) is 3.95. The summed E-state index contributed by atoms with van der Waals surface area (Å²) in [5.74, 6) is 0.872. The fourth-order valence-corrected chi connectivity index (χ4v) is 2.17. The lowest BCUT2D eigenvalue weighted by Gasteiger charge is -2.11. The zero-order chi connectivity index (χ0) is 13.0. The molecular formula is C11H15N5OS. The van der Waals surface area contributed by atoms with Gasteiger partial charge < -0.3 is 5.32 Å². The third kappa shape index (κ3) is 3.07. The molecule has 0 aliphatic rings. The third-order valence-electron chi connectivity index (χ3n) is 2.50. The normalized spacial score (nSPS) is 12.1. The Hall–Kier alpha value is -1.89. The molecule has 0 fully saturated rings. The first kappa shape index (κ1) is 12.6. The number of nitrogens with one attached hydrogen (secondary N) is 2. The van der Waals surface area contributed by atoms with Gasteiger partial charge in [-0.25, -0.2) is 9.78 Å². The van der Waals surface area contributed by atoms with Crippen molar-refractivity contribution in [2.45, 2.75) is 12.8 Å². The van der Waals surface area contributed by atoms with Gasteiger partial charge in [0.15, 0.2) is 0 Å². The monoisotopic (exact) mass is 265 g/mol. The minimum Gasteiger partial charge on any atom is -0.337 e. The summed E-state index contributed by atoms with van der Waals surface area (Å²) >= 11 is 1.59. The van der Waals surface area contributed by atoms with Crippen LogP contribution in [0.15, 0.2) is 23.8 Å². The topological polar surface area (TPSA) is 71.8 Å². The smallest absolute Gasteiger partial charge is 0.320 e. The van der Waals surface area contributed by atoms with Crippen molar-refractivity contribution < 1.29 is 4.79 Å². The van der Waals surface area contributed by atoms with Crippen LogP contribution in [0.4, 0.5) is 10.6 Å². The minimum absolute atomic E-state index is 0.210. The molecule has 7 heteroatoms. The molecule has 6 nitrogen and oxygen atoms in total. The first-order valence-corrected chi connectivity index (χ1v) is 6.47. The SMILES string of the molecule is C[C@H](CNC(=O)Nc1ccnn1C)c1nccs1. The van der Waals surface area contributed by atoms with Gasteiger partial charge in [0.1, 0.15) is 5.82 Å². The van der Waals surface area contributed by atoms with Gasteiger partial charge >= 0.3 is 6.03 Å². The zero-order valence-corrected chi connectivity index (χ0v) is 11.1. The van der Waals surface area contributed by atoms with Crippen molar-refractivity contribution in [2.75, 3.05) is 11.9 Å². The maximum Gasteiger partial charge on any atom is 0.320 e. The number of anilines is 1. The Kier molecular flexibility index (Phi) is 3.93. The van der Waals surface area contributed by atoms with Gasteiger partial charge in [-0.05, 0) is 0 Å². The van der Waals surface area contributed by atoms with E-state index in [1.54, 1.807) is 41.5 Å². The van der Waals surface area contributed by atoms with Crippen LogP contribution in [0, 0.1) is 0 Å². The molecule has 0 aliphatic heterocycles. The lowest BCUT2D eigenvalue weighted by atomic mass is 10.2. The van der Waals surface area contributed by atoms with E-state index in [-0.39, 0.29) is 11.9 Å². The Bertz CT molecular complexity index is 507. The van der Waals surface area contributed by atoms with Crippen molar-refractivity contribution in [3.05, 3.63) is 28.8 Å². The van der Waals surface area contributed by atoms with Crippen LogP contribution in [0.1, 0.15) is 17.8 Å².